The van der Waals surface area contributed by atoms with E-state index in [4.69, 9.17) is 16.2 Å². The molecule has 0 aliphatic heterocycles. The van der Waals surface area contributed by atoms with E-state index in [1.807, 2.05) is 0 Å². The minimum atomic E-state index is -0.376. The Labute approximate surface area is 102 Å². The van der Waals surface area contributed by atoms with Crippen LogP contribution in [0.3, 0.4) is 0 Å². The van der Waals surface area contributed by atoms with Gasteiger partial charge < -0.3 is 16.2 Å². The highest BCUT2D eigenvalue weighted by molar-refractivity contribution is 5.95. The quantitative estimate of drug-likeness (QED) is 0.452. The summed E-state index contributed by atoms with van der Waals surface area (Å²) in [5.41, 5.74) is 12.5. The van der Waals surface area contributed by atoms with Crippen LogP contribution < -0.4 is 11.5 Å². The molecule has 0 atom stereocenters. The van der Waals surface area contributed by atoms with Gasteiger partial charge in [-0.25, -0.2) is 4.79 Å². The number of nitrogen functional groups attached to an aromatic ring is 2. The zero-order valence-electron chi connectivity index (χ0n) is 10.2. The van der Waals surface area contributed by atoms with Crippen molar-refractivity contribution in [2.45, 2.75) is 32.6 Å². The van der Waals surface area contributed by atoms with Crippen LogP contribution in [-0.2, 0) is 4.74 Å². The lowest BCUT2D eigenvalue weighted by Gasteiger charge is -2.07. The van der Waals surface area contributed by atoms with Gasteiger partial charge in [0, 0.05) is 11.4 Å². The maximum absolute atomic E-state index is 11.7. The van der Waals surface area contributed by atoms with Crippen LogP contribution >= 0.6 is 0 Å². The first-order valence-corrected chi connectivity index (χ1v) is 5.97. The smallest absolute Gasteiger partial charge is 0.340 e. The third-order valence-corrected chi connectivity index (χ3v) is 2.53. The van der Waals surface area contributed by atoms with Crippen molar-refractivity contribution in [3.63, 3.8) is 0 Å². The van der Waals surface area contributed by atoms with Crippen molar-refractivity contribution in [3.8, 4) is 0 Å². The van der Waals surface area contributed by atoms with Crippen molar-refractivity contribution in [3.05, 3.63) is 23.8 Å². The van der Waals surface area contributed by atoms with Gasteiger partial charge in [-0.3, -0.25) is 0 Å². The number of esters is 1. The molecule has 1 rings (SSSR count). The lowest BCUT2D eigenvalue weighted by Crippen LogP contribution is -2.09. The predicted molar refractivity (Wildman–Crippen MR) is 69.7 cm³/mol. The number of benzene rings is 1. The normalized spacial score (nSPS) is 10.2. The molecule has 0 aromatic heterocycles. The molecule has 94 valence electrons. The molecule has 0 spiro atoms. The van der Waals surface area contributed by atoms with E-state index in [2.05, 4.69) is 6.92 Å². The number of carbonyl (C=O) groups is 1. The van der Waals surface area contributed by atoms with Gasteiger partial charge in [0.2, 0.25) is 0 Å². The molecule has 0 aliphatic carbocycles. The van der Waals surface area contributed by atoms with Crippen LogP contribution in [0.15, 0.2) is 18.2 Å². The zero-order chi connectivity index (χ0) is 12.7. The molecule has 17 heavy (non-hydrogen) atoms. The largest absolute Gasteiger partial charge is 0.462 e. The fraction of sp³-hybridized carbons (Fsp3) is 0.462. The number of hydrogen-bond acceptors (Lipinski definition) is 4. The van der Waals surface area contributed by atoms with E-state index in [1.54, 1.807) is 18.2 Å². The second-order valence-electron chi connectivity index (χ2n) is 4.04. The average molecular weight is 236 g/mol. The first-order chi connectivity index (χ1) is 8.15. The molecule has 0 amide bonds. The Morgan fingerprint density at radius 1 is 1.24 bits per heavy atom. The molecule has 0 aliphatic rings. The van der Waals surface area contributed by atoms with Crippen LogP contribution in [0.5, 0.6) is 0 Å². The van der Waals surface area contributed by atoms with Crippen LogP contribution in [0, 0.1) is 0 Å². The van der Waals surface area contributed by atoms with Gasteiger partial charge in [-0.15, -0.1) is 0 Å². The number of ether oxygens (including phenoxy) is 1. The molecule has 0 bridgehead atoms. The topological polar surface area (TPSA) is 78.3 Å². The summed E-state index contributed by atoms with van der Waals surface area (Å²) >= 11 is 0. The number of anilines is 2. The molecule has 1 aromatic carbocycles. The van der Waals surface area contributed by atoms with Crippen molar-refractivity contribution in [2.24, 2.45) is 0 Å². The van der Waals surface area contributed by atoms with Gasteiger partial charge in [-0.1, -0.05) is 26.2 Å². The first kappa shape index (κ1) is 13.4. The molecule has 0 heterocycles. The van der Waals surface area contributed by atoms with Gasteiger partial charge in [0.15, 0.2) is 0 Å². The van der Waals surface area contributed by atoms with Crippen molar-refractivity contribution in [1.82, 2.24) is 0 Å². The first-order valence-electron chi connectivity index (χ1n) is 5.97. The van der Waals surface area contributed by atoms with Crippen LogP contribution in [0.2, 0.25) is 0 Å². The summed E-state index contributed by atoms with van der Waals surface area (Å²) in [6, 6.07) is 4.80. The van der Waals surface area contributed by atoms with E-state index in [-0.39, 0.29) is 5.97 Å². The molecular formula is C13H20N2O2. The maximum Gasteiger partial charge on any atom is 0.340 e. The van der Waals surface area contributed by atoms with E-state index in [0.717, 1.165) is 12.8 Å². The molecule has 0 saturated heterocycles. The van der Waals surface area contributed by atoms with E-state index in [1.165, 1.54) is 12.8 Å². The Balaban J connectivity index is 2.42. The highest BCUT2D eigenvalue weighted by Crippen LogP contribution is 2.16. The fourth-order valence-electron chi connectivity index (χ4n) is 1.54. The fourth-order valence-corrected chi connectivity index (χ4v) is 1.54. The second kappa shape index (κ2) is 6.78. The Morgan fingerprint density at radius 3 is 2.65 bits per heavy atom. The van der Waals surface area contributed by atoms with Crippen molar-refractivity contribution < 1.29 is 9.53 Å². The number of carbonyl (C=O) groups excluding carboxylic acids is 1. The Kier molecular flexibility index (Phi) is 5.33. The summed E-state index contributed by atoms with van der Waals surface area (Å²) in [6.07, 6.45) is 4.32. The number of nitrogens with two attached hydrogens (primary N) is 2. The minimum Gasteiger partial charge on any atom is -0.462 e. The molecule has 0 unspecified atom stereocenters. The highest BCUT2D eigenvalue weighted by Gasteiger charge is 2.10. The SMILES string of the molecule is CCCCCCOC(=O)c1ccc(N)cc1N. The van der Waals surface area contributed by atoms with Gasteiger partial charge in [0.1, 0.15) is 0 Å². The van der Waals surface area contributed by atoms with Gasteiger partial charge >= 0.3 is 5.97 Å². The lowest BCUT2D eigenvalue weighted by atomic mass is 10.1. The molecule has 0 fully saturated rings. The standard InChI is InChI=1S/C13H20N2O2/c1-2-3-4-5-8-17-13(16)11-7-6-10(14)9-12(11)15/h6-7,9H,2-5,8,14-15H2,1H3. The number of hydrogen-bond donors (Lipinski definition) is 2. The summed E-state index contributed by atoms with van der Waals surface area (Å²) < 4.78 is 5.14. The van der Waals surface area contributed by atoms with E-state index < -0.39 is 0 Å². The molecule has 4 N–H and O–H groups in total. The molecule has 4 nitrogen and oxygen atoms in total. The maximum atomic E-state index is 11.7. The summed E-state index contributed by atoms with van der Waals surface area (Å²) in [5, 5.41) is 0. The Hall–Kier alpha value is -1.71. The third kappa shape index (κ3) is 4.34. The number of rotatable bonds is 6. The van der Waals surface area contributed by atoms with Crippen molar-refractivity contribution >= 4 is 17.3 Å². The van der Waals surface area contributed by atoms with Crippen LogP contribution in [0.25, 0.3) is 0 Å². The summed E-state index contributed by atoms with van der Waals surface area (Å²) in [5.74, 6) is -0.376. The molecule has 1 aromatic rings. The monoisotopic (exact) mass is 236 g/mol. The third-order valence-electron chi connectivity index (χ3n) is 2.53. The van der Waals surface area contributed by atoms with E-state index in [9.17, 15) is 4.79 Å². The van der Waals surface area contributed by atoms with E-state index in [0.29, 0.717) is 23.5 Å². The Morgan fingerprint density at radius 2 is 2.00 bits per heavy atom. The Bertz CT molecular complexity index is 378. The second-order valence-corrected chi connectivity index (χ2v) is 4.04. The summed E-state index contributed by atoms with van der Waals surface area (Å²) in [4.78, 5) is 11.7. The highest BCUT2D eigenvalue weighted by atomic mass is 16.5. The van der Waals surface area contributed by atoms with Crippen LogP contribution in [-0.4, -0.2) is 12.6 Å². The number of unbranched alkanes of at least 4 members (excludes halogenated alkanes) is 3. The van der Waals surface area contributed by atoms with Crippen LogP contribution in [0.1, 0.15) is 43.0 Å². The van der Waals surface area contributed by atoms with Gasteiger partial charge in [0.25, 0.3) is 0 Å². The van der Waals surface area contributed by atoms with Gasteiger partial charge in [-0.2, -0.15) is 0 Å². The minimum absolute atomic E-state index is 0.364. The van der Waals surface area contributed by atoms with Gasteiger partial charge in [0.05, 0.1) is 12.2 Å². The summed E-state index contributed by atoms with van der Waals surface area (Å²) in [7, 11) is 0. The van der Waals surface area contributed by atoms with Crippen molar-refractivity contribution in [2.75, 3.05) is 18.1 Å². The molecule has 0 saturated carbocycles. The lowest BCUT2D eigenvalue weighted by molar-refractivity contribution is 0.0499. The van der Waals surface area contributed by atoms with Crippen molar-refractivity contribution in [1.29, 1.82) is 0 Å². The van der Waals surface area contributed by atoms with Crippen LogP contribution in [0.4, 0.5) is 11.4 Å². The average Bonchev–Trinajstić information content (AvgIpc) is 2.28. The molecular weight excluding hydrogens is 216 g/mol. The zero-order valence-corrected chi connectivity index (χ0v) is 10.2. The predicted octanol–water partition coefficient (Wildman–Crippen LogP) is 2.59. The summed E-state index contributed by atoms with van der Waals surface area (Å²) in [6.45, 7) is 2.59. The molecule has 4 heteroatoms. The van der Waals surface area contributed by atoms with E-state index >= 15 is 0 Å². The molecule has 0 radical (unpaired) electrons. The van der Waals surface area contributed by atoms with Gasteiger partial charge in [-0.05, 0) is 24.6 Å².